The van der Waals surface area contributed by atoms with Crippen LogP contribution < -0.4 is 10.1 Å². The summed E-state index contributed by atoms with van der Waals surface area (Å²) < 4.78 is 11.2. The van der Waals surface area contributed by atoms with Crippen molar-refractivity contribution in [3.8, 4) is 5.75 Å². The number of ether oxygens (including phenoxy) is 2. The Hall–Kier alpha value is -3.31. The molecule has 0 radical (unpaired) electrons. The van der Waals surface area contributed by atoms with Gasteiger partial charge in [0.15, 0.2) is 0 Å². The second kappa shape index (κ2) is 12.7. The van der Waals surface area contributed by atoms with Crippen molar-refractivity contribution in [2.24, 2.45) is 0 Å². The number of esters is 1. The first-order valence-electron chi connectivity index (χ1n) is 11.2. The molecule has 0 aliphatic carbocycles. The Morgan fingerprint density at radius 1 is 1.05 bits per heavy atom. The fourth-order valence-electron chi connectivity index (χ4n) is 3.47. The molecule has 12 heteroatoms. The zero-order valence-electron chi connectivity index (χ0n) is 20.2. The molecule has 1 heterocycles. The lowest BCUT2D eigenvalue weighted by molar-refractivity contribution is -0.127. The Labute approximate surface area is 246 Å². The number of halogens is 3. The van der Waals surface area contributed by atoms with E-state index in [4.69, 9.17) is 27.9 Å². The lowest BCUT2D eigenvalue weighted by Crippen LogP contribution is -2.36. The number of hydrogen-bond acceptors (Lipinski definition) is 7. The largest absolute Gasteiger partial charge is 0.488 e. The lowest BCUT2D eigenvalue weighted by Gasteiger charge is -2.13. The average molecular weight is 650 g/mol. The van der Waals surface area contributed by atoms with Crippen LogP contribution in [0.1, 0.15) is 21.5 Å². The zero-order valence-corrected chi connectivity index (χ0v) is 24.1. The Balaban J connectivity index is 1.39. The quantitative estimate of drug-likeness (QED) is 0.212. The number of carbonyl (C=O) groups excluding carboxylic acids is 4. The predicted molar refractivity (Wildman–Crippen MR) is 154 cm³/mol. The summed E-state index contributed by atoms with van der Waals surface area (Å²) in [6.07, 6.45) is 1.57. The van der Waals surface area contributed by atoms with Crippen LogP contribution >= 0.6 is 50.9 Å². The first kappa shape index (κ1) is 28.7. The minimum absolute atomic E-state index is 0.0682. The number of benzene rings is 3. The van der Waals surface area contributed by atoms with Crippen LogP contribution in [0.25, 0.3) is 6.08 Å². The second-order valence-corrected chi connectivity index (χ2v) is 10.8. The molecule has 0 saturated carbocycles. The third-order valence-corrected chi connectivity index (χ3v) is 7.50. The Bertz CT molecular complexity index is 1500. The van der Waals surface area contributed by atoms with Crippen molar-refractivity contribution < 1.29 is 28.7 Å². The summed E-state index contributed by atoms with van der Waals surface area (Å²) in [4.78, 5) is 50.8. The Morgan fingerprint density at radius 3 is 2.49 bits per heavy atom. The molecular formula is C27H19BrCl2N2O6S. The molecule has 1 fully saturated rings. The van der Waals surface area contributed by atoms with Crippen molar-refractivity contribution in [1.82, 2.24) is 4.90 Å². The molecule has 3 amide bonds. The van der Waals surface area contributed by atoms with Crippen LogP contribution in [0.3, 0.4) is 0 Å². The monoisotopic (exact) mass is 648 g/mol. The molecule has 3 aromatic rings. The van der Waals surface area contributed by atoms with E-state index in [1.807, 2.05) is 12.1 Å². The normalized spacial score (nSPS) is 14.1. The summed E-state index contributed by atoms with van der Waals surface area (Å²) >= 11 is 16.1. The molecule has 200 valence electrons. The number of methoxy groups -OCH3 is 1. The van der Waals surface area contributed by atoms with Gasteiger partial charge in [-0.15, -0.1) is 0 Å². The summed E-state index contributed by atoms with van der Waals surface area (Å²) in [6, 6.07) is 16.8. The summed E-state index contributed by atoms with van der Waals surface area (Å²) in [7, 11) is 1.21. The highest BCUT2D eigenvalue weighted by atomic mass is 79.9. The highest BCUT2D eigenvalue weighted by Gasteiger charge is 2.36. The lowest BCUT2D eigenvalue weighted by atomic mass is 10.2. The van der Waals surface area contributed by atoms with Gasteiger partial charge in [0.1, 0.15) is 18.9 Å². The van der Waals surface area contributed by atoms with Gasteiger partial charge in [0.05, 0.1) is 27.1 Å². The topological polar surface area (TPSA) is 102 Å². The number of rotatable bonds is 8. The van der Waals surface area contributed by atoms with Gasteiger partial charge in [-0.1, -0.05) is 41.4 Å². The number of hydrogen-bond donors (Lipinski definition) is 1. The molecular weight excluding hydrogens is 631 g/mol. The van der Waals surface area contributed by atoms with Crippen molar-refractivity contribution in [2.75, 3.05) is 19.0 Å². The fourth-order valence-corrected chi connectivity index (χ4v) is 5.14. The van der Waals surface area contributed by atoms with E-state index in [0.717, 1.165) is 22.2 Å². The number of anilines is 1. The molecule has 8 nitrogen and oxygen atoms in total. The SMILES string of the molecule is COC(=O)c1cc(NC(=O)CN2C(=O)S/C(=C/c3ccc(OCc4ccc(Cl)cc4)c(Br)c3)C2=O)ccc1Cl. The van der Waals surface area contributed by atoms with E-state index in [1.54, 1.807) is 36.4 Å². The van der Waals surface area contributed by atoms with E-state index in [1.165, 1.54) is 25.3 Å². The number of carbonyl (C=O) groups is 4. The van der Waals surface area contributed by atoms with Gasteiger partial charge in [0.25, 0.3) is 11.1 Å². The molecule has 0 atom stereocenters. The molecule has 3 aromatic carbocycles. The molecule has 0 bridgehead atoms. The molecule has 4 rings (SSSR count). The maximum atomic E-state index is 12.9. The van der Waals surface area contributed by atoms with Gasteiger partial charge in [-0.25, -0.2) is 4.79 Å². The summed E-state index contributed by atoms with van der Waals surface area (Å²) in [5.74, 6) is -1.28. The molecule has 0 aromatic heterocycles. The summed E-state index contributed by atoms with van der Waals surface area (Å²) in [5.41, 5.74) is 1.94. The highest BCUT2D eigenvalue weighted by Crippen LogP contribution is 2.34. The van der Waals surface area contributed by atoms with Crippen molar-refractivity contribution in [3.05, 3.63) is 96.8 Å². The summed E-state index contributed by atoms with van der Waals surface area (Å²) in [6.45, 7) is -0.157. The average Bonchev–Trinajstić information content (AvgIpc) is 3.17. The molecule has 1 aliphatic rings. The molecule has 1 N–H and O–H groups in total. The van der Waals surface area contributed by atoms with E-state index in [9.17, 15) is 19.2 Å². The van der Waals surface area contributed by atoms with Gasteiger partial charge >= 0.3 is 5.97 Å². The standard InChI is InChI=1S/C27H19BrCl2N2O6S/c1-37-26(35)19-12-18(7-8-21(19)30)31-24(33)13-32-25(34)23(39-27(32)36)11-16-4-9-22(20(28)10-16)38-14-15-2-5-17(29)6-3-15/h2-12H,13-14H2,1H3,(H,31,33)/b23-11+. The molecule has 39 heavy (non-hydrogen) atoms. The van der Waals surface area contributed by atoms with Crippen LogP contribution in [0.5, 0.6) is 5.75 Å². The van der Waals surface area contributed by atoms with Gasteiger partial charge in [0.2, 0.25) is 5.91 Å². The first-order valence-corrected chi connectivity index (χ1v) is 13.6. The van der Waals surface area contributed by atoms with Crippen LogP contribution in [-0.4, -0.2) is 41.6 Å². The second-order valence-electron chi connectivity index (χ2n) is 8.11. The number of nitrogens with zero attached hydrogens (tertiary/aromatic N) is 1. The van der Waals surface area contributed by atoms with E-state index in [2.05, 4.69) is 26.0 Å². The molecule has 1 saturated heterocycles. The van der Waals surface area contributed by atoms with Gasteiger partial charge < -0.3 is 14.8 Å². The zero-order chi connectivity index (χ0) is 28.1. The minimum Gasteiger partial charge on any atom is -0.488 e. The van der Waals surface area contributed by atoms with E-state index >= 15 is 0 Å². The highest BCUT2D eigenvalue weighted by molar-refractivity contribution is 9.10. The fraction of sp³-hybridized carbons (Fsp3) is 0.111. The van der Waals surface area contributed by atoms with Gasteiger partial charge in [-0.2, -0.15) is 0 Å². The number of imide groups is 1. The van der Waals surface area contributed by atoms with Crippen LogP contribution in [0.4, 0.5) is 10.5 Å². The number of thioether (sulfide) groups is 1. The van der Waals surface area contributed by atoms with E-state index in [-0.39, 0.29) is 21.2 Å². The van der Waals surface area contributed by atoms with Crippen LogP contribution in [0.15, 0.2) is 70.0 Å². The van der Waals surface area contributed by atoms with Crippen molar-refractivity contribution >= 4 is 85.7 Å². The number of amides is 3. The molecule has 0 spiro atoms. The summed E-state index contributed by atoms with van der Waals surface area (Å²) in [5, 5.41) is 2.78. The predicted octanol–water partition coefficient (Wildman–Crippen LogP) is 6.80. The van der Waals surface area contributed by atoms with E-state index < -0.39 is 29.6 Å². The van der Waals surface area contributed by atoms with E-state index in [0.29, 0.717) is 27.4 Å². The smallest absolute Gasteiger partial charge is 0.339 e. The molecule has 0 unspecified atom stereocenters. The maximum Gasteiger partial charge on any atom is 0.339 e. The number of nitrogens with one attached hydrogen (secondary N) is 1. The Kier molecular flexibility index (Phi) is 9.34. The first-order chi connectivity index (χ1) is 18.6. The maximum absolute atomic E-state index is 12.9. The van der Waals surface area contributed by atoms with Gasteiger partial charge in [-0.05, 0) is 87.4 Å². The van der Waals surface area contributed by atoms with Gasteiger partial charge in [0, 0.05) is 10.7 Å². The third-order valence-electron chi connectivity index (χ3n) is 5.39. The van der Waals surface area contributed by atoms with Crippen LogP contribution in [-0.2, 0) is 20.9 Å². The Morgan fingerprint density at radius 2 is 1.79 bits per heavy atom. The molecule has 1 aliphatic heterocycles. The van der Waals surface area contributed by atoms with Gasteiger partial charge in [-0.3, -0.25) is 19.3 Å². The van der Waals surface area contributed by atoms with Crippen molar-refractivity contribution in [2.45, 2.75) is 6.61 Å². The minimum atomic E-state index is -0.667. The van der Waals surface area contributed by atoms with Crippen LogP contribution in [0.2, 0.25) is 10.0 Å². The third kappa shape index (κ3) is 7.21. The van der Waals surface area contributed by atoms with Crippen molar-refractivity contribution in [1.29, 1.82) is 0 Å². The van der Waals surface area contributed by atoms with Crippen molar-refractivity contribution in [3.63, 3.8) is 0 Å². The van der Waals surface area contributed by atoms with Crippen LogP contribution in [0, 0.1) is 0 Å².